The second-order valence-corrected chi connectivity index (χ2v) is 5.22. The number of ketones is 1. The lowest BCUT2D eigenvalue weighted by Crippen LogP contribution is -1.97. The van der Waals surface area contributed by atoms with Gasteiger partial charge in [-0.15, -0.1) is 11.3 Å². The summed E-state index contributed by atoms with van der Waals surface area (Å²) in [6, 6.07) is 3.39. The number of fused-ring (bicyclic) bond motifs is 1. The number of aromatic nitrogens is 2. The van der Waals surface area contributed by atoms with Crippen LogP contribution in [0.15, 0.2) is 29.9 Å². The molecule has 0 amide bonds. The van der Waals surface area contributed by atoms with Crippen molar-refractivity contribution in [3.05, 3.63) is 45.4 Å². The molecule has 0 saturated heterocycles. The lowest BCUT2D eigenvalue weighted by molar-refractivity contribution is 0.104. The van der Waals surface area contributed by atoms with Crippen molar-refractivity contribution < 1.29 is 9.53 Å². The third kappa shape index (κ3) is 2.01. The lowest BCUT2D eigenvalue weighted by atomic mass is 10.1. The molecule has 0 fully saturated rings. The van der Waals surface area contributed by atoms with Gasteiger partial charge in [0.05, 0.1) is 22.6 Å². The van der Waals surface area contributed by atoms with E-state index in [2.05, 4.69) is 9.97 Å². The summed E-state index contributed by atoms with van der Waals surface area (Å²) in [4.78, 5) is 20.2. The van der Waals surface area contributed by atoms with E-state index < -0.39 is 0 Å². The van der Waals surface area contributed by atoms with Crippen LogP contribution in [-0.4, -0.2) is 22.9 Å². The molecule has 0 aliphatic carbocycles. The molecular weight excluding hydrogens is 284 g/mol. The van der Waals surface area contributed by atoms with Crippen LogP contribution in [0.25, 0.3) is 11.0 Å². The number of hydrogen-bond donors (Lipinski definition) is 1. The van der Waals surface area contributed by atoms with Crippen molar-refractivity contribution in [2.75, 3.05) is 7.11 Å². The van der Waals surface area contributed by atoms with E-state index in [1.54, 1.807) is 37.0 Å². The zero-order chi connectivity index (χ0) is 13.4. The summed E-state index contributed by atoms with van der Waals surface area (Å²) in [5, 5.41) is 2.96. The molecule has 3 rings (SSSR count). The van der Waals surface area contributed by atoms with Gasteiger partial charge in [0.15, 0.2) is 0 Å². The average Bonchev–Trinajstić information content (AvgIpc) is 3.05. The highest BCUT2D eigenvalue weighted by molar-refractivity contribution is 7.12. The molecule has 3 aromatic heterocycles. The predicted molar refractivity (Wildman–Crippen MR) is 75.4 cm³/mol. The summed E-state index contributed by atoms with van der Waals surface area (Å²) in [7, 11) is 1.57. The van der Waals surface area contributed by atoms with Crippen LogP contribution in [-0.2, 0) is 0 Å². The molecule has 6 heteroatoms. The van der Waals surface area contributed by atoms with Crippen LogP contribution in [0.1, 0.15) is 15.2 Å². The van der Waals surface area contributed by atoms with Crippen LogP contribution in [0.5, 0.6) is 5.75 Å². The Bertz CT molecular complexity index is 763. The predicted octanol–water partition coefficient (Wildman–Crippen LogP) is 3.52. The fourth-order valence-electron chi connectivity index (χ4n) is 1.87. The van der Waals surface area contributed by atoms with Crippen LogP contribution < -0.4 is 4.74 Å². The zero-order valence-corrected chi connectivity index (χ0v) is 11.5. The first-order chi connectivity index (χ1) is 9.20. The molecule has 4 nitrogen and oxygen atoms in total. The molecule has 0 aromatic carbocycles. The number of nitrogens with one attached hydrogen (secondary N) is 1. The Morgan fingerprint density at radius 3 is 3.11 bits per heavy atom. The highest BCUT2D eigenvalue weighted by Gasteiger charge is 2.18. The van der Waals surface area contributed by atoms with Gasteiger partial charge in [0, 0.05) is 29.2 Å². The van der Waals surface area contributed by atoms with Gasteiger partial charge in [-0.3, -0.25) is 4.79 Å². The number of halogens is 1. The number of pyridine rings is 1. The first kappa shape index (κ1) is 12.2. The SMILES string of the molecule is COc1csc(C(=O)c2c[nH]c3nccc(Cl)c23)c1. The van der Waals surface area contributed by atoms with Gasteiger partial charge in [-0.05, 0) is 6.07 Å². The van der Waals surface area contributed by atoms with Crippen molar-refractivity contribution in [3.8, 4) is 5.75 Å². The molecule has 0 aliphatic heterocycles. The minimum absolute atomic E-state index is 0.0885. The van der Waals surface area contributed by atoms with Crippen LogP contribution in [0.3, 0.4) is 0 Å². The molecule has 19 heavy (non-hydrogen) atoms. The van der Waals surface area contributed by atoms with Crippen LogP contribution in [0.4, 0.5) is 0 Å². The monoisotopic (exact) mass is 292 g/mol. The Balaban J connectivity index is 2.11. The van der Waals surface area contributed by atoms with E-state index >= 15 is 0 Å². The molecule has 96 valence electrons. The van der Waals surface area contributed by atoms with Crippen molar-refractivity contribution in [2.45, 2.75) is 0 Å². The van der Waals surface area contributed by atoms with Gasteiger partial charge in [0.1, 0.15) is 11.4 Å². The smallest absolute Gasteiger partial charge is 0.205 e. The Morgan fingerprint density at radius 2 is 2.37 bits per heavy atom. The van der Waals surface area contributed by atoms with Crippen LogP contribution in [0, 0.1) is 0 Å². The number of carbonyl (C=O) groups is 1. The second kappa shape index (κ2) is 4.68. The minimum Gasteiger partial charge on any atom is -0.496 e. The number of thiophene rings is 1. The van der Waals surface area contributed by atoms with E-state index in [1.165, 1.54) is 11.3 Å². The van der Waals surface area contributed by atoms with Crippen molar-refractivity contribution in [2.24, 2.45) is 0 Å². The van der Waals surface area contributed by atoms with Gasteiger partial charge in [0.2, 0.25) is 5.78 Å². The first-order valence-corrected chi connectivity index (χ1v) is 6.75. The molecule has 0 aliphatic rings. The minimum atomic E-state index is -0.0885. The van der Waals surface area contributed by atoms with E-state index in [9.17, 15) is 4.79 Å². The average molecular weight is 293 g/mol. The molecule has 0 spiro atoms. The molecule has 3 heterocycles. The van der Waals surface area contributed by atoms with Gasteiger partial charge in [-0.2, -0.15) is 0 Å². The third-order valence-electron chi connectivity index (χ3n) is 2.80. The Hall–Kier alpha value is -1.85. The number of H-pyrrole nitrogens is 1. The summed E-state index contributed by atoms with van der Waals surface area (Å²) in [6.45, 7) is 0. The summed E-state index contributed by atoms with van der Waals surface area (Å²) in [5.74, 6) is 0.590. The highest BCUT2D eigenvalue weighted by atomic mass is 35.5. The largest absolute Gasteiger partial charge is 0.496 e. The quantitative estimate of drug-likeness (QED) is 0.752. The topological polar surface area (TPSA) is 55.0 Å². The number of nitrogens with zero attached hydrogens (tertiary/aromatic N) is 1. The maximum absolute atomic E-state index is 12.5. The Kier molecular flexibility index (Phi) is 3.00. The van der Waals surface area contributed by atoms with Crippen molar-refractivity contribution in [1.29, 1.82) is 0 Å². The van der Waals surface area contributed by atoms with E-state index in [1.807, 2.05) is 0 Å². The second-order valence-electron chi connectivity index (χ2n) is 3.90. The molecule has 0 bridgehead atoms. The summed E-state index contributed by atoms with van der Waals surface area (Å²) < 4.78 is 5.09. The normalized spacial score (nSPS) is 10.8. The Labute approximate surface area is 118 Å². The van der Waals surface area contributed by atoms with E-state index in [0.717, 1.165) is 0 Å². The fourth-order valence-corrected chi connectivity index (χ4v) is 2.93. The van der Waals surface area contributed by atoms with E-state index in [4.69, 9.17) is 16.3 Å². The lowest BCUT2D eigenvalue weighted by Gasteiger charge is -1.97. The van der Waals surface area contributed by atoms with Crippen LogP contribution >= 0.6 is 22.9 Å². The van der Waals surface area contributed by atoms with Gasteiger partial charge in [-0.1, -0.05) is 11.6 Å². The maximum Gasteiger partial charge on any atom is 0.205 e. The summed E-state index contributed by atoms with van der Waals surface area (Å²) >= 11 is 7.48. The number of hydrogen-bond acceptors (Lipinski definition) is 4. The molecule has 0 atom stereocenters. The highest BCUT2D eigenvalue weighted by Crippen LogP contribution is 2.29. The molecule has 0 saturated carbocycles. The zero-order valence-electron chi connectivity index (χ0n) is 9.94. The standard InChI is InChI=1S/C13H9ClN2O2S/c1-18-7-4-10(19-6-7)12(17)8-5-16-13-11(8)9(14)2-3-15-13/h2-6H,1H3,(H,15,16). The van der Waals surface area contributed by atoms with Gasteiger partial charge < -0.3 is 9.72 Å². The van der Waals surface area contributed by atoms with Gasteiger partial charge in [0.25, 0.3) is 0 Å². The number of ether oxygens (including phenoxy) is 1. The molecule has 3 aromatic rings. The van der Waals surface area contributed by atoms with E-state index in [0.29, 0.717) is 32.2 Å². The van der Waals surface area contributed by atoms with E-state index in [-0.39, 0.29) is 5.78 Å². The fraction of sp³-hybridized carbons (Fsp3) is 0.0769. The van der Waals surface area contributed by atoms with Crippen LogP contribution in [0.2, 0.25) is 5.02 Å². The van der Waals surface area contributed by atoms with Gasteiger partial charge >= 0.3 is 0 Å². The number of carbonyl (C=O) groups excluding carboxylic acids is 1. The summed E-state index contributed by atoms with van der Waals surface area (Å²) in [6.07, 6.45) is 3.24. The maximum atomic E-state index is 12.5. The number of rotatable bonds is 3. The number of aromatic amines is 1. The van der Waals surface area contributed by atoms with Crippen molar-refractivity contribution in [1.82, 2.24) is 9.97 Å². The third-order valence-corrected chi connectivity index (χ3v) is 4.02. The molecule has 1 N–H and O–H groups in total. The molecule has 0 radical (unpaired) electrons. The van der Waals surface area contributed by atoms with Gasteiger partial charge in [-0.25, -0.2) is 4.98 Å². The number of methoxy groups -OCH3 is 1. The molecular formula is C13H9ClN2O2S. The van der Waals surface area contributed by atoms with Crippen molar-refractivity contribution in [3.63, 3.8) is 0 Å². The Morgan fingerprint density at radius 1 is 1.53 bits per heavy atom. The molecule has 0 unspecified atom stereocenters. The first-order valence-electron chi connectivity index (χ1n) is 5.49. The summed E-state index contributed by atoms with van der Waals surface area (Å²) in [5.41, 5.74) is 1.14. The van der Waals surface area contributed by atoms with Crippen molar-refractivity contribution >= 4 is 39.8 Å².